The minimum Gasteiger partial charge on any atom is -0.319 e. The van der Waals surface area contributed by atoms with Crippen LogP contribution < -0.4 is 5.32 Å². The van der Waals surface area contributed by atoms with Crippen LogP contribution in [-0.4, -0.2) is 36.6 Å². The number of piperidine rings is 1. The lowest BCUT2D eigenvalue weighted by atomic mass is 9.97. The Hall–Kier alpha value is -0.160. The molecule has 18 heavy (non-hydrogen) atoms. The third-order valence-electron chi connectivity index (χ3n) is 3.49. The van der Waals surface area contributed by atoms with Gasteiger partial charge < -0.3 is 5.32 Å². The van der Waals surface area contributed by atoms with Crippen molar-refractivity contribution in [2.75, 3.05) is 26.7 Å². The molecule has 1 aromatic heterocycles. The maximum atomic E-state index is 4.64. The number of thiazole rings is 1. The number of nitrogens with zero attached hydrogens (tertiary/aromatic N) is 2. The first-order chi connectivity index (χ1) is 8.31. The second-order valence-corrected chi connectivity index (χ2v) is 5.81. The average molecular weight is 290 g/mol. The summed E-state index contributed by atoms with van der Waals surface area (Å²) in [5.74, 6) is 0.873. The lowest BCUT2D eigenvalue weighted by Gasteiger charge is -2.31. The molecular formula is C13H24ClN3S. The van der Waals surface area contributed by atoms with Gasteiger partial charge in [0.2, 0.25) is 0 Å². The normalized spacial score (nSPS) is 17.7. The van der Waals surface area contributed by atoms with Gasteiger partial charge in [-0.1, -0.05) is 6.92 Å². The quantitative estimate of drug-likeness (QED) is 0.903. The predicted molar refractivity (Wildman–Crippen MR) is 80.7 cm³/mol. The Kier molecular flexibility index (Phi) is 7.15. The Bertz CT molecular complexity index is 335. The predicted octanol–water partition coefficient (Wildman–Crippen LogP) is 2.56. The van der Waals surface area contributed by atoms with Crippen molar-refractivity contribution in [3.63, 3.8) is 0 Å². The summed E-state index contributed by atoms with van der Waals surface area (Å²) >= 11 is 1.80. The summed E-state index contributed by atoms with van der Waals surface area (Å²) in [5.41, 5.74) is 1.26. The molecular weight excluding hydrogens is 266 g/mol. The highest BCUT2D eigenvalue weighted by Gasteiger charge is 2.19. The second kappa shape index (κ2) is 8.10. The van der Waals surface area contributed by atoms with E-state index in [4.69, 9.17) is 0 Å². The number of aromatic nitrogens is 1. The van der Waals surface area contributed by atoms with Gasteiger partial charge in [-0.25, -0.2) is 4.98 Å². The van der Waals surface area contributed by atoms with Crippen molar-refractivity contribution in [2.45, 2.75) is 32.7 Å². The summed E-state index contributed by atoms with van der Waals surface area (Å²) in [6.07, 6.45) is 3.71. The molecule has 1 N–H and O–H groups in total. The summed E-state index contributed by atoms with van der Waals surface area (Å²) in [6, 6.07) is 0. The lowest BCUT2D eigenvalue weighted by Crippen LogP contribution is -2.36. The molecule has 0 aromatic carbocycles. The van der Waals surface area contributed by atoms with E-state index in [1.54, 1.807) is 11.3 Å². The van der Waals surface area contributed by atoms with Crippen LogP contribution in [0.2, 0.25) is 0 Å². The monoisotopic (exact) mass is 289 g/mol. The fourth-order valence-corrected chi connectivity index (χ4v) is 3.19. The van der Waals surface area contributed by atoms with Crippen LogP contribution in [0.3, 0.4) is 0 Å². The fourth-order valence-electron chi connectivity index (χ4n) is 2.45. The third kappa shape index (κ3) is 4.50. The largest absolute Gasteiger partial charge is 0.319 e. The van der Waals surface area contributed by atoms with Gasteiger partial charge in [0.1, 0.15) is 0 Å². The van der Waals surface area contributed by atoms with Gasteiger partial charge in [-0.3, -0.25) is 4.90 Å². The zero-order valence-electron chi connectivity index (χ0n) is 11.3. The Labute approximate surface area is 120 Å². The third-order valence-corrected chi connectivity index (χ3v) is 4.53. The highest BCUT2D eigenvalue weighted by Crippen LogP contribution is 2.19. The van der Waals surface area contributed by atoms with Crippen molar-refractivity contribution in [1.29, 1.82) is 0 Å². The molecule has 0 saturated carbocycles. The van der Waals surface area contributed by atoms with Crippen LogP contribution in [0.1, 0.15) is 30.5 Å². The summed E-state index contributed by atoms with van der Waals surface area (Å²) in [4.78, 5) is 7.19. The first kappa shape index (κ1) is 15.9. The van der Waals surface area contributed by atoms with E-state index in [0.29, 0.717) is 0 Å². The van der Waals surface area contributed by atoms with Crippen LogP contribution in [-0.2, 0) is 13.0 Å². The number of aryl methyl sites for hydroxylation is 1. The molecule has 1 aliphatic heterocycles. The molecule has 0 bridgehead atoms. The molecule has 1 aliphatic rings. The van der Waals surface area contributed by atoms with Gasteiger partial charge in [-0.2, -0.15) is 0 Å². The van der Waals surface area contributed by atoms with E-state index in [2.05, 4.69) is 27.5 Å². The molecule has 0 amide bonds. The first-order valence-corrected chi connectivity index (χ1v) is 7.50. The number of rotatable bonds is 5. The summed E-state index contributed by atoms with van der Waals surface area (Å²) in [6.45, 7) is 6.84. The zero-order chi connectivity index (χ0) is 12.1. The van der Waals surface area contributed by atoms with Crippen LogP contribution in [0.5, 0.6) is 0 Å². The van der Waals surface area contributed by atoms with E-state index in [1.807, 2.05) is 7.05 Å². The minimum absolute atomic E-state index is 0. The van der Waals surface area contributed by atoms with Gasteiger partial charge >= 0.3 is 0 Å². The van der Waals surface area contributed by atoms with Crippen LogP contribution in [0.15, 0.2) is 5.38 Å². The molecule has 1 saturated heterocycles. The van der Waals surface area contributed by atoms with Crippen molar-refractivity contribution < 1.29 is 0 Å². The number of hydrogen-bond donors (Lipinski definition) is 1. The van der Waals surface area contributed by atoms with E-state index in [-0.39, 0.29) is 12.4 Å². The van der Waals surface area contributed by atoms with Gasteiger partial charge in [-0.05, 0) is 51.9 Å². The van der Waals surface area contributed by atoms with E-state index < -0.39 is 0 Å². The van der Waals surface area contributed by atoms with Crippen LogP contribution in [0.4, 0.5) is 0 Å². The smallest absolute Gasteiger partial charge is 0.0926 e. The molecule has 2 heterocycles. The van der Waals surface area contributed by atoms with Crippen LogP contribution in [0.25, 0.3) is 0 Å². The Balaban J connectivity index is 0.00000162. The van der Waals surface area contributed by atoms with Crippen molar-refractivity contribution in [1.82, 2.24) is 15.2 Å². The van der Waals surface area contributed by atoms with E-state index in [1.165, 1.54) is 43.2 Å². The molecule has 0 unspecified atom stereocenters. The SMILES string of the molecule is CCc1nc(CN2CCC(CNC)CC2)cs1.Cl. The number of halogens is 1. The molecule has 3 nitrogen and oxygen atoms in total. The molecule has 1 fully saturated rings. The molecule has 0 aliphatic carbocycles. The highest BCUT2D eigenvalue weighted by atomic mass is 35.5. The maximum Gasteiger partial charge on any atom is 0.0926 e. The van der Waals surface area contributed by atoms with Crippen molar-refractivity contribution in [3.8, 4) is 0 Å². The fraction of sp³-hybridized carbons (Fsp3) is 0.769. The van der Waals surface area contributed by atoms with Gasteiger partial charge in [0, 0.05) is 11.9 Å². The van der Waals surface area contributed by atoms with Crippen molar-refractivity contribution >= 4 is 23.7 Å². The number of nitrogens with one attached hydrogen (secondary N) is 1. The van der Waals surface area contributed by atoms with Crippen LogP contribution >= 0.6 is 23.7 Å². The molecule has 2 rings (SSSR count). The summed E-state index contributed by atoms with van der Waals surface area (Å²) < 4.78 is 0. The summed E-state index contributed by atoms with van der Waals surface area (Å²) in [5, 5.41) is 6.77. The maximum absolute atomic E-state index is 4.64. The van der Waals surface area contributed by atoms with Crippen LogP contribution in [0, 0.1) is 5.92 Å². The highest BCUT2D eigenvalue weighted by molar-refractivity contribution is 7.09. The Morgan fingerprint density at radius 3 is 2.72 bits per heavy atom. The Morgan fingerprint density at radius 1 is 1.44 bits per heavy atom. The molecule has 104 valence electrons. The van der Waals surface area contributed by atoms with Gasteiger partial charge in [0.25, 0.3) is 0 Å². The number of hydrogen-bond acceptors (Lipinski definition) is 4. The minimum atomic E-state index is 0. The molecule has 5 heteroatoms. The second-order valence-electron chi connectivity index (χ2n) is 4.86. The molecule has 0 radical (unpaired) electrons. The number of likely N-dealkylation sites (tertiary alicyclic amines) is 1. The molecule has 0 atom stereocenters. The van der Waals surface area contributed by atoms with Gasteiger partial charge in [0.15, 0.2) is 0 Å². The summed E-state index contributed by atoms with van der Waals surface area (Å²) in [7, 11) is 2.05. The van der Waals surface area contributed by atoms with E-state index in [0.717, 1.165) is 18.9 Å². The van der Waals surface area contributed by atoms with Gasteiger partial charge in [0.05, 0.1) is 10.7 Å². The van der Waals surface area contributed by atoms with Gasteiger partial charge in [-0.15, -0.1) is 23.7 Å². The van der Waals surface area contributed by atoms with E-state index >= 15 is 0 Å². The molecule has 1 aromatic rings. The average Bonchev–Trinajstić information content (AvgIpc) is 2.80. The first-order valence-electron chi connectivity index (χ1n) is 6.62. The zero-order valence-corrected chi connectivity index (χ0v) is 12.9. The Morgan fingerprint density at radius 2 is 2.17 bits per heavy atom. The van der Waals surface area contributed by atoms with E-state index in [9.17, 15) is 0 Å². The van der Waals surface area contributed by atoms with Crippen molar-refractivity contribution in [3.05, 3.63) is 16.1 Å². The lowest BCUT2D eigenvalue weighted by molar-refractivity contribution is 0.175. The molecule has 0 spiro atoms. The standard InChI is InChI=1S/C13H23N3S.ClH/c1-3-13-15-12(10-17-13)9-16-6-4-11(5-7-16)8-14-2;/h10-11,14H,3-9H2,1-2H3;1H. The topological polar surface area (TPSA) is 28.2 Å². The van der Waals surface area contributed by atoms with Crippen molar-refractivity contribution in [2.24, 2.45) is 5.92 Å².